The van der Waals surface area contributed by atoms with Gasteiger partial charge in [0.05, 0.1) is 31.0 Å². The predicted molar refractivity (Wildman–Crippen MR) is 88.3 cm³/mol. The summed E-state index contributed by atoms with van der Waals surface area (Å²) in [6.45, 7) is 0. The lowest BCUT2D eigenvalue weighted by molar-refractivity contribution is 0.381. The molecule has 3 aromatic rings. The van der Waals surface area contributed by atoms with Crippen LogP contribution in [0.1, 0.15) is 0 Å². The van der Waals surface area contributed by atoms with Crippen LogP contribution in [0.4, 0.5) is 0 Å². The van der Waals surface area contributed by atoms with Crippen molar-refractivity contribution in [3.63, 3.8) is 0 Å². The number of hydrogen-bond acceptors (Lipinski definition) is 7. The van der Waals surface area contributed by atoms with E-state index in [4.69, 9.17) is 31.8 Å². The Kier molecular flexibility index (Phi) is 4.24. The predicted octanol–water partition coefficient (Wildman–Crippen LogP) is 2.62. The highest BCUT2D eigenvalue weighted by molar-refractivity contribution is 8.13. The molecule has 0 atom stereocenters. The van der Waals surface area contributed by atoms with Gasteiger partial charge in [0.15, 0.2) is 5.65 Å². The molecule has 11 heteroatoms. The SMILES string of the molecule is COc1ncc2[nH]c(-c3cc(S(=O)(=O)Cl)c(Cl)cc3OC)nc2n1. The van der Waals surface area contributed by atoms with Crippen LogP contribution in [0.2, 0.25) is 5.02 Å². The molecule has 0 spiro atoms. The minimum Gasteiger partial charge on any atom is -0.496 e. The fourth-order valence-electron chi connectivity index (χ4n) is 2.09. The third-order valence-corrected chi connectivity index (χ3v) is 4.96. The summed E-state index contributed by atoms with van der Waals surface area (Å²) in [5.41, 5.74) is 1.25. The maximum absolute atomic E-state index is 11.7. The number of halogens is 2. The van der Waals surface area contributed by atoms with Crippen molar-refractivity contribution >= 4 is 42.5 Å². The van der Waals surface area contributed by atoms with Crippen LogP contribution >= 0.6 is 22.3 Å². The number of H-pyrrole nitrogens is 1. The zero-order chi connectivity index (χ0) is 17.5. The second kappa shape index (κ2) is 6.08. The van der Waals surface area contributed by atoms with Gasteiger partial charge in [0.25, 0.3) is 9.05 Å². The largest absolute Gasteiger partial charge is 0.496 e. The number of ether oxygens (including phenoxy) is 2. The van der Waals surface area contributed by atoms with Crippen LogP contribution < -0.4 is 9.47 Å². The average Bonchev–Trinajstić information content (AvgIpc) is 2.95. The number of nitrogens with zero attached hydrogens (tertiary/aromatic N) is 3. The molecule has 0 amide bonds. The Balaban J connectivity index is 2.24. The summed E-state index contributed by atoms with van der Waals surface area (Å²) < 4.78 is 33.5. The van der Waals surface area contributed by atoms with Gasteiger partial charge in [-0.25, -0.2) is 18.4 Å². The molecule has 1 aromatic carbocycles. The molecular weight excluding hydrogens is 379 g/mol. The van der Waals surface area contributed by atoms with Crippen molar-refractivity contribution in [2.24, 2.45) is 0 Å². The van der Waals surface area contributed by atoms with Crippen molar-refractivity contribution in [2.45, 2.75) is 4.90 Å². The summed E-state index contributed by atoms with van der Waals surface area (Å²) in [4.78, 5) is 15.1. The number of methoxy groups -OCH3 is 2. The number of fused-ring (bicyclic) bond motifs is 1. The molecule has 0 aliphatic carbocycles. The third kappa shape index (κ3) is 2.97. The fourth-order valence-corrected chi connectivity index (χ4v) is 3.60. The Morgan fingerprint density at radius 3 is 2.54 bits per heavy atom. The van der Waals surface area contributed by atoms with E-state index in [1.807, 2.05) is 0 Å². The van der Waals surface area contributed by atoms with E-state index in [0.717, 1.165) is 0 Å². The number of nitrogens with one attached hydrogen (secondary N) is 1. The molecule has 0 bridgehead atoms. The lowest BCUT2D eigenvalue weighted by Gasteiger charge is -2.09. The van der Waals surface area contributed by atoms with E-state index in [1.165, 1.54) is 32.5 Å². The fraction of sp³-hybridized carbons (Fsp3) is 0.154. The van der Waals surface area contributed by atoms with Gasteiger partial charge in [0.2, 0.25) is 0 Å². The monoisotopic (exact) mass is 388 g/mol. The lowest BCUT2D eigenvalue weighted by Crippen LogP contribution is -1.97. The molecule has 126 valence electrons. The molecule has 24 heavy (non-hydrogen) atoms. The molecule has 1 N–H and O–H groups in total. The van der Waals surface area contributed by atoms with Gasteiger partial charge >= 0.3 is 6.01 Å². The van der Waals surface area contributed by atoms with Crippen LogP contribution in [0.3, 0.4) is 0 Å². The van der Waals surface area contributed by atoms with Crippen LogP contribution in [-0.4, -0.2) is 42.6 Å². The Morgan fingerprint density at radius 1 is 1.17 bits per heavy atom. The van der Waals surface area contributed by atoms with Crippen molar-refractivity contribution in [1.29, 1.82) is 0 Å². The highest BCUT2D eigenvalue weighted by atomic mass is 35.7. The average molecular weight is 389 g/mol. The molecular formula is C13H10Cl2N4O4S. The minimum atomic E-state index is -4.03. The normalized spacial score (nSPS) is 11.7. The van der Waals surface area contributed by atoms with E-state index in [2.05, 4.69) is 19.9 Å². The summed E-state index contributed by atoms with van der Waals surface area (Å²) in [5.74, 6) is 0.644. The quantitative estimate of drug-likeness (QED) is 0.684. The van der Waals surface area contributed by atoms with E-state index < -0.39 is 9.05 Å². The Morgan fingerprint density at radius 2 is 1.92 bits per heavy atom. The molecule has 2 heterocycles. The second-order valence-corrected chi connectivity index (χ2v) is 7.54. The Hall–Kier alpha value is -2.10. The first-order chi connectivity index (χ1) is 11.3. The second-order valence-electron chi connectivity index (χ2n) is 4.60. The summed E-state index contributed by atoms with van der Waals surface area (Å²) in [6.07, 6.45) is 1.50. The number of imidazole rings is 1. The van der Waals surface area contributed by atoms with Crippen molar-refractivity contribution in [1.82, 2.24) is 19.9 Å². The van der Waals surface area contributed by atoms with Crippen LogP contribution in [0, 0.1) is 0 Å². The molecule has 0 radical (unpaired) electrons. The first-order valence-electron chi connectivity index (χ1n) is 6.43. The number of hydrogen-bond donors (Lipinski definition) is 1. The Labute approximate surface area is 146 Å². The van der Waals surface area contributed by atoms with E-state index >= 15 is 0 Å². The molecule has 0 saturated carbocycles. The van der Waals surface area contributed by atoms with Crippen LogP contribution in [0.5, 0.6) is 11.8 Å². The van der Waals surface area contributed by atoms with Gasteiger partial charge < -0.3 is 14.5 Å². The molecule has 0 fully saturated rings. The van der Waals surface area contributed by atoms with E-state index in [-0.39, 0.29) is 15.9 Å². The van der Waals surface area contributed by atoms with Gasteiger partial charge in [0.1, 0.15) is 22.0 Å². The molecule has 0 saturated heterocycles. The molecule has 3 rings (SSSR count). The maximum Gasteiger partial charge on any atom is 0.318 e. The molecule has 0 unspecified atom stereocenters. The van der Waals surface area contributed by atoms with Crippen molar-refractivity contribution in [3.05, 3.63) is 23.4 Å². The van der Waals surface area contributed by atoms with Crippen molar-refractivity contribution < 1.29 is 17.9 Å². The van der Waals surface area contributed by atoms with E-state index in [0.29, 0.717) is 28.3 Å². The van der Waals surface area contributed by atoms with Crippen molar-refractivity contribution in [2.75, 3.05) is 14.2 Å². The standard InChI is InChI=1S/C13H10Cl2N4O4S/c1-22-9-4-7(14)10(24(15,20)21)3-6(9)11-17-8-5-16-13(23-2)19-12(8)18-11/h3-5H,1-2H3,(H,16,17,18,19). The highest BCUT2D eigenvalue weighted by Gasteiger charge is 2.21. The summed E-state index contributed by atoms with van der Waals surface area (Å²) >= 11 is 5.96. The lowest BCUT2D eigenvalue weighted by atomic mass is 10.2. The number of aromatic amines is 1. The maximum atomic E-state index is 11.7. The first kappa shape index (κ1) is 16.7. The highest BCUT2D eigenvalue weighted by Crippen LogP contribution is 2.37. The third-order valence-electron chi connectivity index (χ3n) is 3.17. The smallest absolute Gasteiger partial charge is 0.318 e. The number of benzene rings is 1. The molecule has 0 aliphatic rings. The van der Waals surface area contributed by atoms with E-state index in [9.17, 15) is 8.42 Å². The van der Waals surface area contributed by atoms with Crippen LogP contribution in [0.15, 0.2) is 23.2 Å². The number of aromatic nitrogens is 4. The molecule has 8 nitrogen and oxygen atoms in total. The van der Waals surface area contributed by atoms with Crippen molar-refractivity contribution in [3.8, 4) is 23.1 Å². The van der Waals surface area contributed by atoms with Crippen LogP contribution in [-0.2, 0) is 9.05 Å². The summed E-state index contributed by atoms with van der Waals surface area (Å²) in [6, 6.07) is 2.80. The van der Waals surface area contributed by atoms with E-state index in [1.54, 1.807) is 0 Å². The minimum absolute atomic E-state index is 0.0526. The first-order valence-corrected chi connectivity index (χ1v) is 9.11. The van der Waals surface area contributed by atoms with Gasteiger partial charge in [-0.1, -0.05) is 11.6 Å². The van der Waals surface area contributed by atoms with Gasteiger partial charge in [-0.2, -0.15) is 4.98 Å². The van der Waals surface area contributed by atoms with Gasteiger partial charge in [-0.3, -0.25) is 0 Å². The molecule has 2 aromatic heterocycles. The van der Waals surface area contributed by atoms with Gasteiger partial charge in [-0.05, 0) is 6.07 Å². The Bertz CT molecular complexity index is 1040. The van der Waals surface area contributed by atoms with Gasteiger partial charge in [0, 0.05) is 16.7 Å². The number of rotatable bonds is 4. The summed E-state index contributed by atoms with van der Waals surface area (Å²) in [5, 5.41) is -0.0526. The zero-order valence-corrected chi connectivity index (χ0v) is 14.7. The van der Waals surface area contributed by atoms with Crippen LogP contribution in [0.25, 0.3) is 22.6 Å². The summed E-state index contributed by atoms with van der Waals surface area (Å²) in [7, 11) is 4.25. The topological polar surface area (TPSA) is 107 Å². The molecule has 0 aliphatic heterocycles. The van der Waals surface area contributed by atoms with Gasteiger partial charge in [-0.15, -0.1) is 0 Å². The zero-order valence-electron chi connectivity index (χ0n) is 12.4.